The van der Waals surface area contributed by atoms with E-state index in [1.165, 1.54) is 23.1 Å². The lowest BCUT2D eigenvalue weighted by molar-refractivity contribution is 0.332. The van der Waals surface area contributed by atoms with Gasteiger partial charge in [-0.25, -0.2) is 0 Å². The van der Waals surface area contributed by atoms with Crippen molar-refractivity contribution < 1.29 is 4.74 Å². The maximum atomic E-state index is 4.96. The summed E-state index contributed by atoms with van der Waals surface area (Å²) in [6.45, 7) is 8.62. The second kappa shape index (κ2) is 9.26. The molecule has 0 spiro atoms. The molecule has 16 heavy (non-hydrogen) atoms. The summed E-state index contributed by atoms with van der Waals surface area (Å²) >= 11 is 0. The van der Waals surface area contributed by atoms with E-state index < -0.39 is 0 Å². The molecule has 0 N–H and O–H groups in total. The third kappa shape index (κ3) is 9.57. The van der Waals surface area contributed by atoms with Crippen molar-refractivity contribution in [3.8, 4) is 0 Å². The van der Waals surface area contributed by atoms with E-state index in [4.69, 9.17) is 4.74 Å². The smallest absolute Gasteiger partial charge is 0.0813 e. The van der Waals surface area contributed by atoms with Crippen molar-refractivity contribution >= 4 is 0 Å². The van der Waals surface area contributed by atoms with E-state index >= 15 is 0 Å². The summed E-state index contributed by atoms with van der Waals surface area (Å²) in [4.78, 5) is 0. The molecule has 0 aromatic rings. The number of allylic oxidation sites excluding steroid dienone is 5. The summed E-state index contributed by atoms with van der Waals surface area (Å²) in [6, 6.07) is 0. The minimum Gasteiger partial charge on any atom is -0.504 e. The Kier molecular flexibility index (Phi) is 8.69. The Morgan fingerprint density at radius 2 is 1.44 bits per heavy atom. The lowest BCUT2D eigenvalue weighted by atomic mass is 10.1. The van der Waals surface area contributed by atoms with Gasteiger partial charge in [0.15, 0.2) is 0 Å². The molecule has 0 saturated carbocycles. The van der Waals surface area contributed by atoms with Crippen LogP contribution in [0.2, 0.25) is 0 Å². The maximum absolute atomic E-state index is 4.96. The quantitative estimate of drug-likeness (QED) is 0.434. The highest BCUT2D eigenvalue weighted by molar-refractivity contribution is 5.04. The van der Waals surface area contributed by atoms with Crippen molar-refractivity contribution in [3.05, 3.63) is 35.1 Å². The summed E-state index contributed by atoms with van der Waals surface area (Å²) < 4.78 is 4.96. The zero-order valence-electron chi connectivity index (χ0n) is 11.5. The van der Waals surface area contributed by atoms with Gasteiger partial charge in [-0.2, -0.15) is 0 Å². The molecule has 0 rings (SSSR count). The van der Waals surface area contributed by atoms with E-state index in [0.29, 0.717) is 0 Å². The van der Waals surface area contributed by atoms with Crippen molar-refractivity contribution in [1.29, 1.82) is 0 Å². The summed E-state index contributed by atoms with van der Waals surface area (Å²) in [7, 11) is 1.70. The molecule has 0 amide bonds. The van der Waals surface area contributed by atoms with Crippen molar-refractivity contribution in [2.24, 2.45) is 0 Å². The first-order valence-electron chi connectivity index (χ1n) is 6.03. The lowest BCUT2D eigenvalue weighted by Crippen LogP contribution is -1.81. The Bertz CT molecular complexity index is 265. The second-order valence-corrected chi connectivity index (χ2v) is 4.61. The van der Waals surface area contributed by atoms with E-state index in [1.54, 1.807) is 7.11 Å². The SMILES string of the molecule is CO/C=C(\C)CC/C=C(\C)CCC=C(C)C. The molecule has 0 aromatic heterocycles. The van der Waals surface area contributed by atoms with Gasteiger partial charge in [0.25, 0.3) is 0 Å². The molecule has 0 aromatic carbocycles. The first-order chi connectivity index (χ1) is 7.56. The number of ether oxygens (including phenoxy) is 1. The van der Waals surface area contributed by atoms with Crippen LogP contribution in [0.25, 0.3) is 0 Å². The van der Waals surface area contributed by atoms with Gasteiger partial charge in [0.1, 0.15) is 0 Å². The van der Waals surface area contributed by atoms with Crippen molar-refractivity contribution in [2.45, 2.75) is 53.4 Å². The molecule has 0 saturated heterocycles. The van der Waals surface area contributed by atoms with Crippen LogP contribution in [-0.4, -0.2) is 7.11 Å². The Balaban J connectivity index is 3.79. The predicted molar refractivity (Wildman–Crippen MR) is 72.4 cm³/mol. The molecule has 92 valence electrons. The summed E-state index contributed by atoms with van der Waals surface area (Å²) in [5.74, 6) is 0. The van der Waals surface area contributed by atoms with Gasteiger partial charge in [-0.05, 0) is 59.0 Å². The minimum atomic E-state index is 1.09. The zero-order valence-corrected chi connectivity index (χ0v) is 11.5. The molecule has 0 atom stereocenters. The monoisotopic (exact) mass is 222 g/mol. The number of hydrogen-bond donors (Lipinski definition) is 0. The topological polar surface area (TPSA) is 9.23 Å². The van der Waals surface area contributed by atoms with E-state index in [-0.39, 0.29) is 0 Å². The van der Waals surface area contributed by atoms with E-state index in [0.717, 1.165) is 19.3 Å². The van der Waals surface area contributed by atoms with Gasteiger partial charge >= 0.3 is 0 Å². The van der Waals surface area contributed by atoms with Crippen LogP contribution in [0, 0.1) is 0 Å². The minimum absolute atomic E-state index is 1.09. The van der Waals surface area contributed by atoms with Gasteiger partial charge in [-0.3, -0.25) is 0 Å². The fraction of sp³-hybridized carbons (Fsp3) is 0.600. The van der Waals surface area contributed by atoms with Crippen LogP contribution in [0.1, 0.15) is 53.4 Å². The predicted octanol–water partition coefficient (Wildman–Crippen LogP) is 5.01. The van der Waals surface area contributed by atoms with Gasteiger partial charge in [0.05, 0.1) is 13.4 Å². The maximum Gasteiger partial charge on any atom is 0.0813 e. The fourth-order valence-electron chi connectivity index (χ4n) is 1.50. The molecule has 0 heterocycles. The summed E-state index contributed by atoms with van der Waals surface area (Å²) in [6.07, 6.45) is 11.0. The summed E-state index contributed by atoms with van der Waals surface area (Å²) in [5, 5.41) is 0. The lowest BCUT2D eigenvalue weighted by Gasteiger charge is -2.00. The van der Waals surface area contributed by atoms with Gasteiger partial charge < -0.3 is 4.74 Å². The van der Waals surface area contributed by atoms with Crippen LogP contribution < -0.4 is 0 Å². The Morgan fingerprint density at radius 1 is 0.875 bits per heavy atom. The molecule has 1 nitrogen and oxygen atoms in total. The molecule has 0 aliphatic rings. The normalized spacial score (nSPS) is 12.6. The van der Waals surface area contributed by atoms with E-state index in [2.05, 4.69) is 39.8 Å². The molecule has 0 radical (unpaired) electrons. The molecule has 1 heteroatoms. The molecule has 0 fully saturated rings. The molecule has 0 bridgehead atoms. The third-order valence-electron chi connectivity index (χ3n) is 2.44. The molecule has 0 aliphatic carbocycles. The van der Waals surface area contributed by atoms with Gasteiger partial charge in [-0.1, -0.05) is 23.3 Å². The third-order valence-corrected chi connectivity index (χ3v) is 2.44. The molecular weight excluding hydrogens is 196 g/mol. The number of hydrogen-bond acceptors (Lipinski definition) is 1. The molecule has 0 aliphatic heterocycles. The highest BCUT2D eigenvalue weighted by Crippen LogP contribution is 2.11. The van der Waals surface area contributed by atoms with Crippen molar-refractivity contribution in [2.75, 3.05) is 7.11 Å². The molecule has 0 unspecified atom stereocenters. The standard InChI is InChI=1S/C15H26O/c1-13(2)8-6-9-14(3)10-7-11-15(4)12-16-5/h8,10,12H,6-7,9,11H2,1-5H3/b14-10+,15-12+. The summed E-state index contributed by atoms with van der Waals surface area (Å²) in [5.41, 5.74) is 4.20. The van der Waals surface area contributed by atoms with E-state index in [1.807, 2.05) is 6.26 Å². The molecular formula is C15H26O. The zero-order chi connectivity index (χ0) is 12.4. The van der Waals surface area contributed by atoms with Crippen LogP contribution in [0.4, 0.5) is 0 Å². The van der Waals surface area contributed by atoms with Gasteiger partial charge in [-0.15, -0.1) is 0 Å². The van der Waals surface area contributed by atoms with E-state index in [9.17, 15) is 0 Å². The van der Waals surface area contributed by atoms with Gasteiger partial charge in [0, 0.05) is 0 Å². The number of methoxy groups -OCH3 is 1. The second-order valence-electron chi connectivity index (χ2n) is 4.61. The fourth-order valence-corrected chi connectivity index (χ4v) is 1.50. The Hall–Kier alpha value is -0.980. The van der Waals surface area contributed by atoms with Crippen molar-refractivity contribution in [1.82, 2.24) is 0 Å². The number of rotatable bonds is 7. The van der Waals surface area contributed by atoms with Crippen LogP contribution in [0.3, 0.4) is 0 Å². The highest BCUT2D eigenvalue weighted by atomic mass is 16.5. The first-order valence-corrected chi connectivity index (χ1v) is 6.03. The average molecular weight is 222 g/mol. The average Bonchev–Trinajstić information content (AvgIpc) is 2.17. The van der Waals surface area contributed by atoms with Gasteiger partial charge in [0.2, 0.25) is 0 Å². The Labute approximate surface area is 101 Å². The Morgan fingerprint density at radius 3 is 2.00 bits per heavy atom. The highest BCUT2D eigenvalue weighted by Gasteiger charge is 1.91. The van der Waals surface area contributed by atoms with Crippen LogP contribution >= 0.6 is 0 Å². The largest absolute Gasteiger partial charge is 0.504 e. The first kappa shape index (κ1) is 15.0. The van der Waals surface area contributed by atoms with Crippen LogP contribution in [-0.2, 0) is 4.74 Å². The van der Waals surface area contributed by atoms with Crippen molar-refractivity contribution in [3.63, 3.8) is 0 Å². The van der Waals surface area contributed by atoms with Crippen LogP contribution in [0.5, 0.6) is 0 Å². The van der Waals surface area contributed by atoms with Crippen LogP contribution in [0.15, 0.2) is 35.1 Å².